The highest BCUT2D eigenvalue weighted by molar-refractivity contribution is 8.76. The molecule has 1 aliphatic rings. The Kier molecular flexibility index (Phi) is 19.9. The summed E-state index contributed by atoms with van der Waals surface area (Å²) in [6, 6.07) is 1.45. The lowest BCUT2D eigenvalue weighted by Crippen LogP contribution is -2.46. The zero-order valence-electron chi connectivity index (χ0n) is 31.7. The smallest absolute Gasteiger partial charge is 0.397 e. The Morgan fingerprint density at radius 2 is 1.67 bits per heavy atom. The van der Waals surface area contributed by atoms with Crippen LogP contribution in [0.25, 0.3) is 11.2 Å². The molecule has 1 fully saturated rings. The number of nitrogens with two attached hydrogens (primary N) is 1. The zero-order chi connectivity index (χ0) is 42.4. The minimum Gasteiger partial charge on any atom is -0.397 e. The molecule has 3 unspecified atom stereocenters. The van der Waals surface area contributed by atoms with Gasteiger partial charge in [0.05, 0.1) is 25.2 Å². The van der Waals surface area contributed by atoms with Gasteiger partial charge < -0.3 is 50.9 Å². The summed E-state index contributed by atoms with van der Waals surface area (Å²) in [5.74, 6) is 0.539. The van der Waals surface area contributed by atoms with Gasteiger partial charge in [-0.1, -0.05) is 74.5 Å². The van der Waals surface area contributed by atoms with E-state index in [-0.39, 0.29) is 35.7 Å². The fraction of sp³-hybridized carbons (Fsp3) is 0.733. The average Bonchev–Trinajstić information content (AvgIpc) is 3.68. The molecule has 2 amide bonds. The number of aromatic nitrogens is 3. The maximum atomic E-state index is 12.7. The number of nitrogen functional groups attached to an aromatic ring is 1. The average molecular weight is 911 g/mol. The van der Waals surface area contributed by atoms with Crippen molar-refractivity contribution in [3.63, 3.8) is 0 Å². The molecule has 7 atom stereocenters. The molecule has 3 heterocycles. The van der Waals surface area contributed by atoms with Gasteiger partial charge in [0.15, 0.2) is 11.9 Å². The number of hydrogen-bond acceptors (Lipinski definition) is 17. The molecule has 22 nitrogen and oxygen atoms in total. The first-order valence-electron chi connectivity index (χ1n) is 17.9. The molecule has 1 saturated heterocycles. The monoisotopic (exact) mass is 910 g/mol. The van der Waals surface area contributed by atoms with Gasteiger partial charge in [-0.2, -0.15) is 4.31 Å². The van der Waals surface area contributed by atoms with Gasteiger partial charge in [0.25, 0.3) is 0 Å². The van der Waals surface area contributed by atoms with Crippen molar-refractivity contribution in [2.24, 2.45) is 5.41 Å². The van der Waals surface area contributed by atoms with Gasteiger partial charge >= 0.3 is 23.5 Å². The Labute approximate surface area is 337 Å². The maximum absolute atomic E-state index is 12.7. The topological polar surface area (TPSA) is 334 Å². The van der Waals surface area contributed by atoms with Crippen LogP contribution in [-0.2, 0) is 45.9 Å². The van der Waals surface area contributed by atoms with E-state index in [9.17, 15) is 53.1 Å². The number of imidazole rings is 1. The second-order valence-corrected chi connectivity index (χ2v) is 20.6. The Morgan fingerprint density at radius 1 is 1.00 bits per heavy atom. The minimum absolute atomic E-state index is 0.0685. The van der Waals surface area contributed by atoms with Crippen LogP contribution in [0.5, 0.6) is 0 Å². The molecule has 1 aliphatic heterocycles. The molecule has 27 heteroatoms. The third kappa shape index (κ3) is 16.7. The molecule has 0 aromatic carbocycles. The number of anilines is 1. The van der Waals surface area contributed by atoms with Crippen molar-refractivity contribution in [1.29, 1.82) is 0 Å². The number of fused-ring (bicyclic) bond motifs is 1. The summed E-state index contributed by atoms with van der Waals surface area (Å²) in [6.45, 7) is 3.14. The maximum Gasteiger partial charge on any atom is 0.481 e. The third-order valence-corrected chi connectivity index (χ3v) is 13.9. The third-order valence-electron chi connectivity index (χ3n) is 8.35. The van der Waals surface area contributed by atoms with Crippen LogP contribution in [0.15, 0.2) is 18.6 Å². The van der Waals surface area contributed by atoms with Crippen molar-refractivity contribution in [2.45, 2.75) is 96.4 Å². The van der Waals surface area contributed by atoms with Crippen molar-refractivity contribution in [1.82, 2.24) is 25.2 Å². The number of hydrogen-bond donors (Lipinski definition) is 9. The SMILES string of the molecule is CCCCCCCCSSCCNC(=O)CCNC(=O)[C@@H](O)C(C)(C)COP(=O)(O)OP(=O)(O)OC[C@H]1O[C@@H](n2cnc3c(N)ccnc32)C(O)[C@H]1OP(=O)(O)O. The largest absolute Gasteiger partial charge is 0.481 e. The van der Waals surface area contributed by atoms with Crippen molar-refractivity contribution in [3.8, 4) is 0 Å². The minimum atomic E-state index is -5.54. The molecule has 0 aliphatic carbocycles. The number of phosphoric ester groups is 3. The normalized spacial score (nSPS) is 21.6. The summed E-state index contributed by atoms with van der Waals surface area (Å²) in [5, 5.41) is 26.6. The fourth-order valence-corrected chi connectivity index (χ4v) is 10.2. The number of unbranched alkanes of at least 4 members (excludes halogenated alkanes) is 5. The Bertz CT molecular complexity index is 1760. The van der Waals surface area contributed by atoms with E-state index in [1.165, 1.54) is 69.1 Å². The van der Waals surface area contributed by atoms with Crippen LogP contribution in [0, 0.1) is 5.41 Å². The molecule has 0 bridgehead atoms. The van der Waals surface area contributed by atoms with Gasteiger partial charge in [0, 0.05) is 42.6 Å². The van der Waals surface area contributed by atoms with Crippen LogP contribution < -0.4 is 16.4 Å². The number of pyridine rings is 1. The second kappa shape index (κ2) is 22.8. The van der Waals surface area contributed by atoms with Crippen LogP contribution in [0.2, 0.25) is 0 Å². The molecule has 0 saturated carbocycles. The number of amides is 2. The van der Waals surface area contributed by atoms with Crippen molar-refractivity contribution >= 4 is 73.7 Å². The summed E-state index contributed by atoms with van der Waals surface area (Å²) >= 11 is 0. The lowest BCUT2D eigenvalue weighted by molar-refractivity contribution is -0.137. The number of nitrogens with zero attached hydrogens (tertiary/aromatic N) is 3. The Morgan fingerprint density at radius 3 is 2.37 bits per heavy atom. The van der Waals surface area contributed by atoms with E-state index in [0.717, 1.165) is 17.9 Å². The van der Waals surface area contributed by atoms with Crippen LogP contribution in [0.4, 0.5) is 5.69 Å². The van der Waals surface area contributed by atoms with Crippen LogP contribution in [-0.4, -0.2) is 118 Å². The highest BCUT2D eigenvalue weighted by Gasteiger charge is 2.50. The lowest BCUT2D eigenvalue weighted by atomic mass is 9.87. The van der Waals surface area contributed by atoms with E-state index in [0.29, 0.717) is 6.54 Å². The number of carbonyl (C=O) groups is 2. The lowest BCUT2D eigenvalue weighted by Gasteiger charge is -2.30. The van der Waals surface area contributed by atoms with E-state index in [1.54, 1.807) is 21.6 Å². The predicted molar refractivity (Wildman–Crippen MR) is 210 cm³/mol. The fourth-order valence-electron chi connectivity index (χ4n) is 5.31. The van der Waals surface area contributed by atoms with Gasteiger partial charge in [0.1, 0.15) is 29.9 Å². The molecule has 2 aromatic heterocycles. The molecule has 0 spiro atoms. The van der Waals surface area contributed by atoms with Gasteiger partial charge in [0.2, 0.25) is 11.8 Å². The number of aliphatic hydroxyl groups excluding tert-OH is 2. The predicted octanol–water partition coefficient (Wildman–Crippen LogP) is 2.75. The molecule has 57 heavy (non-hydrogen) atoms. The van der Waals surface area contributed by atoms with E-state index in [2.05, 4.69) is 36.4 Å². The molecule has 326 valence electrons. The van der Waals surface area contributed by atoms with E-state index in [1.807, 2.05) is 0 Å². The summed E-state index contributed by atoms with van der Waals surface area (Å²) in [6.07, 6.45) is 1.07. The number of aliphatic hydroxyl groups is 2. The van der Waals surface area contributed by atoms with Gasteiger partial charge in [-0.3, -0.25) is 27.7 Å². The number of phosphoric acid groups is 3. The van der Waals surface area contributed by atoms with Crippen LogP contribution in [0.3, 0.4) is 0 Å². The summed E-state index contributed by atoms with van der Waals surface area (Å²) in [5.41, 5.74) is 4.83. The molecule has 2 aromatic rings. The standard InChI is InChI=1S/C30H53N6O16P3S2/c1-4-5-6-7-8-9-15-56-57-16-14-32-22(37)11-13-34-28(40)26(39)30(2,3)18-49-55(46,47)52-54(44,45)48-17-21-25(51-53(41,42)43)24(38)29(50-21)36-19-35-23-20(31)10-12-33-27(23)36/h10,12,19,21,24-26,29,38-39H,4-9,11,13-18H2,1-3H3,(H2,31,33)(H,32,37)(H,34,40)(H,44,45)(H,46,47)(H2,41,42,43)/t21-,24?,25+,26-,29-/m1/s1. The highest BCUT2D eigenvalue weighted by Crippen LogP contribution is 2.61. The van der Waals surface area contributed by atoms with Gasteiger partial charge in [-0.05, 0) is 12.5 Å². The van der Waals surface area contributed by atoms with E-state index < -0.39 is 78.6 Å². The number of nitrogens with one attached hydrogen (secondary N) is 2. The van der Waals surface area contributed by atoms with Gasteiger partial charge in [-0.15, -0.1) is 0 Å². The number of carbonyl (C=O) groups excluding carboxylic acids is 2. The first kappa shape index (κ1) is 49.7. The summed E-state index contributed by atoms with van der Waals surface area (Å²) in [7, 11) is -12.9. The quantitative estimate of drug-likeness (QED) is 0.0353. The second-order valence-electron chi connectivity index (χ2n) is 13.6. The van der Waals surface area contributed by atoms with Crippen LogP contribution >= 0.6 is 45.1 Å². The zero-order valence-corrected chi connectivity index (χ0v) is 36.0. The van der Waals surface area contributed by atoms with Crippen molar-refractivity contribution in [2.75, 3.05) is 43.5 Å². The molecule has 10 N–H and O–H groups in total. The van der Waals surface area contributed by atoms with Gasteiger partial charge in [-0.25, -0.2) is 23.7 Å². The molecular formula is C30H53N6O16P3S2. The first-order valence-corrected chi connectivity index (χ1v) is 24.9. The Balaban J connectivity index is 1.43. The summed E-state index contributed by atoms with van der Waals surface area (Å²) in [4.78, 5) is 72.2. The molecule has 0 radical (unpaired) electrons. The van der Waals surface area contributed by atoms with Crippen molar-refractivity contribution < 1.29 is 75.7 Å². The summed E-state index contributed by atoms with van der Waals surface area (Å²) < 4.78 is 62.4. The number of rotatable bonds is 27. The first-order chi connectivity index (χ1) is 26.7. The van der Waals surface area contributed by atoms with E-state index >= 15 is 0 Å². The number of ether oxygens (including phenoxy) is 1. The molecular weight excluding hydrogens is 857 g/mol. The van der Waals surface area contributed by atoms with E-state index in [4.69, 9.17) is 19.5 Å². The molecule has 3 rings (SSSR count). The highest BCUT2D eigenvalue weighted by atomic mass is 33.1. The van der Waals surface area contributed by atoms with Crippen LogP contribution in [0.1, 0.15) is 71.9 Å². The Hall–Kier alpha value is -1.69. The van der Waals surface area contributed by atoms with Crippen molar-refractivity contribution in [3.05, 3.63) is 18.6 Å².